The lowest BCUT2D eigenvalue weighted by Crippen LogP contribution is -2.60. The molecule has 0 aromatic heterocycles. The summed E-state index contributed by atoms with van der Waals surface area (Å²) in [7, 11) is 0. The van der Waals surface area contributed by atoms with Gasteiger partial charge in [-0.1, -0.05) is 242 Å². The van der Waals surface area contributed by atoms with Gasteiger partial charge in [0.25, 0.3) is 0 Å². The Hall–Kier alpha value is -1.85. The van der Waals surface area contributed by atoms with E-state index in [0.29, 0.717) is 12.8 Å². The Morgan fingerprint density at radius 3 is 1.39 bits per heavy atom. The third kappa shape index (κ3) is 36.2. The Morgan fingerprint density at radius 1 is 0.530 bits per heavy atom. The number of allylic oxidation sites excluding steroid dienone is 8. The number of unbranched alkanes of at least 4 members (excludes halogenated alkanes) is 29. The van der Waals surface area contributed by atoms with E-state index in [1.54, 1.807) is 0 Å². The van der Waals surface area contributed by atoms with Crippen LogP contribution in [0.15, 0.2) is 48.6 Å². The first-order valence-electron chi connectivity index (χ1n) is 27.8. The number of aliphatic hydroxyl groups excluding tert-OH is 5. The molecule has 0 radical (unpaired) electrons. The van der Waals surface area contributed by atoms with E-state index in [1.165, 1.54) is 161 Å². The molecule has 386 valence electrons. The molecule has 0 aromatic rings. The van der Waals surface area contributed by atoms with E-state index in [4.69, 9.17) is 9.47 Å². The van der Waals surface area contributed by atoms with Gasteiger partial charge in [-0.25, -0.2) is 0 Å². The molecule has 1 heterocycles. The molecule has 0 aliphatic carbocycles. The summed E-state index contributed by atoms with van der Waals surface area (Å²) in [6.07, 6.45) is 54.1. The number of hydrogen-bond donors (Lipinski definition) is 6. The van der Waals surface area contributed by atoms with E-state index in [9.17, 15) is 30.3 Å². The molecule has 9 heteroatoms. The third-order valence-electron chi connectivity index (χ3n) is 13.2. The van der Waals surface area contributed by atoms with Crippen molar-refractivity contribution < 1.29 is 39.8 Å². The van der Waals surface area contributed by atoms with E-state index in [1.807, 2.05) is 0 Å². The number of rotatable bonds is 47. The van der Waals surface area contributed by atoms with Crippen LogP contribution in [0.3, 0.4) is 0 Å². The zero-order valence-electron chi connectivity index (χ0n) is 42.7. The third-order valence-corrected chi connectivity index (χ3v) is 13.2. The first kappa shape index (κ1) is 62.2. The molecular weight excluding hydrogens is 827 g/mol. The molecule has 0 bridgehead atoms. The molecule has 9 nitrogen and oxygen atoms in total. The van der Waals surface area contributed by atoms with Crippen LogP contribution >= 0.6 is 0 Å². The Bertz CT molecular complexity index is 1170. The number of amides is 1. The van der Waals surface area contributed by atoms with Crippen LogP contribution < -0.4 is 5.32 Å². The molecule has 7 atom stereocenters. The Balaban J connectivity index is 2.19. The minimum atomic E-state index is -1.55. The highest BCUT2D eigenvalue weighted by Gasteiger charge is 2.44. The number of hydrogen-bond acceptors (Lipinski definition) is 8. The molecule has 1 aliphatic rings. The molecule has 1 aliphatic heterocycles. The van der Waals surface area contributed by atoms with Crippen molar-refractivity contribution in [3.05, 3.63) is 48.6 Å². The molecule has 7 unspecified atom stereocenters. The lowest BCUT2D eigenvalue weighted by molar-refractivity contribution is -0.302. The van der Waals surface area contributed by atoms with Crippen LogP contribution in [0.2, 0.25) is 0 Å². The minimum absolute atomic E-state index is 0.137. The summed E-state index contributed by atoms with van der Waals surface area (Å²) in [5.74, 6) is -0.144. The average molecular weight is 932 g/mol. The van der Waals surface area contributed by atoms with Gasteiger partial charge in [-0.15, -0.1) is 0 Å². The molecule has 0 spiro atoms. The van der Waals surface area contributed by atoms with Crippen molar-refractivity contribution in [3.63, 3.8) is 0 Å². The fourth-order valence-electron chi connectivity index (χ4n) is 8.80. The van der Waals surface area contributed by atoms with E-state index in [0.717, 1.165) is 64.2 Å². The number of carbonyl (C=O) groups excluding carboxylic acids is 1. The van der Waals surface area contributed by atoms with Crippen LogP contribution in [0.1, 0.15) is 251 Å². The van der Waals surface area contributed by atoms with Crippen LogP contribution in [0.5, 0.6) is 0 Å². The number of aliphatic hydroxyl groups is 5. The quantitative estimate of drug-likeness (QED) is 0.0261. The Labute approximate surface area is 405 Å². The van der Waals surface area contributed by atoms with Crippen molar-refractivity contribution in [2.45, 2.75) is 294 Å². The molecule has 6 N–H and O–H groups in total. The largest absolute Gasteiger partial charge is 0.394 e. The lowest BCUT2D eigenvalue weighted by atomic mass is 9.99. The molecule has 1 fully saturated rings. The monoisotopic (exact) mass is 932 g/mol. The van der Waals surface area contributed by atoms with Crippen molar-refractivity contribution in [1.29, 1.82) is 0 Å². The van der Waals surface area contributed by atoms with Gasteiger partial charge in [0.05, 0.1) is 25.4 Å². The summed E-state index contributed by atoms with van der Waals surface area (Å²) >= 11 is 0. The Kier molecular flexibility index (Phi) is 44.1. The summed E-state index contributed by atoms with van der Waals surface area (Å²) in [4.78, 5) is 13.1. The highest BCUT2D eigenvalue weighted by molar-refractivity contribution is 5.76. The maximum atomic E-state index is 13.1. The van der Waals surface area contributed by atoms with Crippen LogP contribution in [0.25, 0.3) is 0 Å². The number of carbonyl (C=O) groups is 1. The minimum Gasteiger partial charge on any atom is -0.394 e. The SMILES string of the molecule is CC/C=C\C/C=C\C/C=C\C/C=C\CCCCCCCCCCCCCCCCC(=O)NC(COC1OC(CO)C(O)C(O)C1O)C(O)CCCCCCCCCCCCCCCCCC. The fraction of sp³-hybridized carbons (Fsp3) is 0.842. The fourth-order valence-corrected chi connectivity index (χ4v) is 8.80. The van der Waals surface area contributed by atoms with Gasteiger partial charge < -0.3 is 40.3 Å². The van der Waals surface area contributed by atoms with E-state index >= 15 is 0 Å². The van der Waals surface area contributed by atoms with Crippen molar-refractivity contribution in [2.75, 3.05) is 13.2 Å². The Morgan fingerprint density at radius 2 is 0.939 bits per heavy atom. The van der Waals surface area contributed by atoms with E-state index < -0.39 is 49.5 Å². The van der Waals surface area contributed by atoms with Gasteiger partial charge in [0.2, 0.25) is 5.91 Å². The van der Waals surface area contributed by atoms with Gasteiger partial charge in [-0.2, -0.15) is 0 Å². The van der Waals surface area contributed by atoms with Crippen molar-refractivity contribution in [1.82, 2.24) is 5.32 Å². The molecule has 1 rings (SSSR count). The average Bonchev–Trinajstić information content (AvgIpc) is 3.32. The van der Waals surface area contributed by atoms with E-state index in [2.05, 4.69) is 67.8 Å². The van der Waals surface area contributed by atoms with Crippen LogP contribution in [0.4, 0.5) is 0 Å². The summed E-state index contributed by atoms with van der Waals surface area (Å²) in [6.45, 7) is 3.74. The molecule has 66 heavy (non-hydrogen) atoms. The standard InChI is InChI=1S/C57H105NO8/c1-3-5-7-9-11-13-15-17-19-21-22-23-24-25-26-27-28-29-30-31-33-35-37-39-41-43-45-47-53(61)58-50(49-65-57-56(64)55(63)54(62)52(48-59)66-57)51(60)46-44-42-40-38-36-34-32-20-18-16-14-12-10-8-6-4-2/h5,7,11,13,17,19,22-23,50-52,54-57,59-60,62-64H,3-4,6,8-10,12,14-16,18,20-21,24-49H2,1-2H3,(H,58,61)/b7-5-,13-11-,19-17-,23-22-. The molecule has 1 amide bonds. The zero-order valence-corrected chi connectivity index (χ0v) is 42.7. The zero-order chi connectivity index (χ0) is 48.0. The van der Waals surface area contributed by atoms with Gasteiger partial charge in [-0.3, -0.25) is 4.79 Å². The van der Waals surface area contributed by atoms with Gasteiger partial charge in [0, 0.05) is 6.42 Å². The first-order valence-corrected chi connectivity index (χ1v) is 27.8. The number of ether oxygens (including phenoxy) is 2. The maximum Gasteiger partial charge on any atom is 0.220 e. The number of nitrogens with one attached hydrogen (secondary N) is 1. The lowest BCUT2D eigenvalue weighted by Gasteiger charge is -2.40. The highest BCUT2D eigenvalue weighted by atomic mass is 16.7. The second kappa shape index (κ2) is 46.9. The van der Waals surface area contributed by atoms with Crippen LogP contribution in [-0.4, -0.2) is 87.5 Å². The molecule has 0 saturated carbocycles. The first-order chi connectivity index (χ1) is 32.3. The van der Waals surface area contributed by atoms with Gasteiger partial charge >= 0.3 is 0 Å². The van der Waals surface area contributed by atoms with Gasteiger partial charge in [0.15, 0.2) is 6.29 Å². The summed E-state index contributed by atoms with van der Waals surface area (Å²) in [6, 6.07) is -0.720. The predicted octanol–water partition coefficient (Wildman–Crippen LogP) is 13.3. The summed E-state index contributed by atoms with van der Waals surface area (Å²) in [5, 5.41) is 54.6. The van der Waals surface area contributed by atoms with Crippen molar-refractivity contribution in [3.8, 4) is 0 Å². The summed E-state index contributed by atoms with van der Waals surface area (Å²) in [5.41, 5.74) is 0. The van der Waals surface area contributed by atoms with Crippen molar-refractivity contribution in [2.24, 2.45) is 0 Å². The predicted molar refractivity (Wildman–Crippen MR) is 276 cm³/mol. The highest BCUT2D eigenvalue weighted by Crippen LogP contribution is 2.23. The van der Waals surface area contributed by atoms with Crippen LogP contribution in [-0.2, 0) is 14.3 Å². The molecule has 1 saturated heterocycles. The topological polar surface area (TPSA) is 149 Å². The molecule has 0 aromatic carbocycles. The van der Waals surface area contributed by atoms with Crippen molar-refractivity contribution >= 4 is 5.91 Å². The maximum absolute atomic E-state index is 13.1. The van der Waals surface area contributed by atoms with Crippen LogP contribution in [0, 0.1) is 0 Å². The van der Waals surface area contributed by atoms with Gasteiger partial charge in [-0.05, 0) is 51.4 Å². The second-order valence-electron chi connectivity index (χ2n) is 19.4. The normalized spacial score (nSPS) is 20.1. The molecular formula is C57H105NO8. The van der Waals surface area contributed by atoms with Gasteiger partial charge in [0.1, 0.15) is 24.4 Å². The smallest absolute Gasteiger partial charge is 0.220 e. The van der Waals surface area contributed by atoms with E-state index in [-0.39, 0.29) is 12.5 Å². The summed E-state index contributed by atoms with van der Waals surface area (Å²) < 4.78 is 11.3. The second-order valence-corrected chi connectivity index (χ2v) is 19.4.